The van der Waals surface area contributed by atoms with E-state index in [1.807, 2.05) is 26.8 Å². The molecule has 0 aliphatic carbocycles. The van der Waals surface area contributed by atoms with E-state index in [2.05, 4.69) is 26.8 Å². The van der Waals surface area contributed by atoms with Gasteiger partial charge in [-0.1, -0.05) is 26.0 Å². The highest BCUT2D eigenvalue weighted by Crippen LogP contribution is 2.34. The summed E-state index contributed by atoms with van der Waals surface area (Å²) in [5, 5.41) is 3.38. The Morgan fingerprint density at radius 3 is 2.51 bits per heavy atom. The maximum absolute atomic E-state index is 13.1. The number of carbonyl (C=O) groups excluding carboxylic acids is 1. The number of esters is 1. The number of hydrogen-bond acceptors (Lipinski definition) is 9. The number of nitrogens with one attached hydrogen (secondary N) is 2. The lowest BCUT2D eigenvalue weighted by Crippen LogP contribution is -2.43. The summed E-state index contributed by atoms with van der Waals surface area (Å²) in [4.78, 5) is 19.1. The molecular formula is C26H38N4O6S. The SMILES string of the molecule is CCOCCOCCOC(=O)[C@H](CC(C)C)NS(=O)(=O)c1ccc(CN2c3ccncc3NC2C)cc1. The van der Waals surface area contributed by atoms with Gasteiger partial charge in [-0.15, -0.1) is 0 Å². The first-order chi connectivity index (χ1) is 17.7. The second-order valence-corrected chi connectivity index (χ2v) is 11.0. The molecule has 37 heavy (non-hydrogen) atoms. The van der Waals surface area contributed by atoms with Crippen LogP contribution in [-0.4, -0.2) is 64.6 Å². The second kappa shape index (κ2) is 13.7. The molecule has 10 nitrogen and oxygen atoms in total. The molecule has 1 unspecified atom stereocenters. The van der Waals surface area contributed by atoms with Crippen molar-refractivity contribution in [3.8, 4) is 0 Å². The summed E-state index contributed by atoms with van der Waals surface area (Å²) in [5.74, 6) is -0.537. The monoisotopic (exact) mass is 534 g/mol. The predicted octanol–water partition coefficient (Wildman–Crippen LogP) is 3.15. The van der Waals surface area contributed by atoms with Crippen molar-refractivity contribution in [1.29, 1.82) is 0 Å². The van der Waals surface area contributed by atoms with Gasteiger partial charge in [0.1, 0.15) is 12.6 Å². The first-order valence-electron chi connectivity index (χ1n) is 12.6. The van der Waals surface area contributed by atoms with Gasteiger partial charge in [0, 0.05) is 19.3 Å². The summed E-state index contributed by atoms with van der Waals surface area (Å²) in [6.07, 6.45) is 3.94. The molecule has 1 aliphatic heterocycles. The molecule has 2 N–H and O–H groups in total. The van der Waals surface area contributed by atoms with Gasteiger partial charge in [-0.05, 0) is 49.9 Å². The van der Waals surface area contributed by atoms with Gasteiger partial charge in [0.25, 0.3) is 0 Å². The highest BCUT2D eigenvalue weighted by atomic mass is 32.2. The minimum atomic E-state index is -3.93. The number of rotatable bonds is 15. The van der Waals surface area contributed by atoms with E-state index in [1.54, 1.807) is 36.7 Å². The van der Waals surface area contributed by atoms with Crippen molar-refractivity contribution in [3.05, 3.63) is 48.3 Å². The van der Waals surface area contributed by atoms with Crippen molar-refractivity contribution in [1.82, 2.24) is 9.71 Å². The summed E-state index contributed by atoms with van der Waals surface area (Å²) in [6, 6.07) is 7.66. The number of nitrogens with zero attached hydrogens (tertiary/aromatic N) is 2. The Hall–Kier alpha value is -2.73. The molecule has 0 saturated heterocycles. The third-order valence-electron chi connectivity index (χ3n) is 5.86. The molecule has 0 bridgehead atoms. The second-order valence-electron chi connectivity index (χ2n) is 9.27. The van der Waals surface area contributed by atoms with Gasteiger partial charge in [0.15, 0.2) is 0 Å². The van der Waals surface area contributed by atoms with Gasteiger partial charge in [-0.25, -0.2) is 8.42 Å². The van der Waals surface area contributed by atoms with E-state index < -0.39 is 22.0 Å². The highest BCUT2D eigenvalue weighted by Gasteiger charge is 2.28. The van der Waals surface area contributed by atoms with E-state index in [4.69, 9.17) is 14.2 Å². The standard InChI is InChI=1S/C26H38N4O6S/c1-5-34-12-13-35-14-15-36-26(31)23(16-19(2)3)29-37(32,33)22-8-6-21(7-9-22)18-30-20(4)28-24-17-27-11-10-25(24)30/h6-11,17,19-20,23,28-29H,5,12-16,18H2,1-4H3/t20?,23-/m0/s1. The zero-order chi connectivity index (χ0) is 26.8. The number of ether oxygens (including phenoxy) is 3. The van der Waals surface area contributed by atoms with Crippen molar-refractivity contribution in [3.63, 3.8) is 0 Å². The summed E-state index contributed by atoms with van der Waals surface area (Å²) >= 11 is 0. The first kappa shape index (κ1) is 28.8. The number of fused-ring (bicyclic) bond motifs is 1. The number of carbonyl (C=O) groups is 1. The molecule has 1 aromatic heterocycles. The van der Waals surface area contributed by atoms with Crippen molar-refractivity contribution < 1.29 is 27.4 Å². The normalized spacial score (nSPS) is 15.9. The number of hydrogen-bond donors (Lipinski definition) is 2. The Morgan fingerprint density at radius 2 is 1.81 bits per heavy atom. The molecule has 1 aliphatic rings. The average Bonchev–Trinajstić information content (AvgIpc) is 3.17. The number of benzene rings is 1. The molecule has 2 heterocycles. The molecule has 11 heteroatoms. The molecule has 0 saturated carbocycles. The quantitative estimate of drug-likeness (QED) is 0.262. The van der Waals surface area contributed by atoms with Gasteiger partial charge in [0.2, 0.25) is 10.0 Å². The molecule has 1 aromatic carbocycles. The molecule has 0 spiro atoms. The van der Waals surface area contributed by atoms with Crippen LogP contribution in [0.3, 0.4) is 0 Å². The highest BCUT2D eigenvalue weighted by molar-refractivity contribution is 7.89. The predicted molar refractivity (Wildman–Crippen MR) is 142 cm³/mol. The maximum atomic E-state index is 13.1. The van der Waals surface area contributed by atoms with Crippen LogP contribution in [0.15, 0.2) is 47.6 Å². The molecule has 0 amide bonds. The van der Waals surface area contributed by atoms with Crippen LogP contribution in [0.4, 0.5) is 11.4 Å². The summed E-state index contributed by atoms with van der Waals surface area (Å²) in [6.45, 7) is 10.1. The summed E-state index contributed by atoms with van der Waals surface area (Å²) in [7, 11) is -3.93. The third-order valence-corrected chi connectivity index (χ3v) is 7.35. The van der Waals surface area contributed by atoms with Crippen molar-refractivity contribution in [2.24, 2.45) is 5.92 Å². The lowest BCUT2D eigenvalue weighted by molar-refractivity contribution is -0.147. The van der Waals surface area contributed by atoms with Crippen LogP contribution in [0.1, 0.15) is 39.7 Å². The van der Waals surface area contributed by atoms with Crippen LogP contribution < -0.4 is 14.9 Å². The summed E-state index contributed by atoms with van der Waals surface area (Å²) in [5.41, 5.74) is 2.98. The molecular weight excluding hydrogens is 496 g/mol. The van der Waals surface area contributed by atoms with E-state index in [0.29, 0.717) is 32.8 Å². The summed E-state index contributed by atoms with van der Waals surface area (Å²) < 4.78 is 44.5. The Morgan fingerprint density at radius 1 is 1.11 bits per heavy atom. The lowest BCUT2D eigenvalue weighted by atomic mass is 10.1. The van der Waals surface area contributed by atoms with Crippen LogP contribution in [0, 0.1) is 5.92 Å². The molecule has 2 aromatic rings. The Kier molecular flexibility index (Phi) is 10.7. The third kappa shape index (κ3) is 8.39. The van der Waals surface area contributed by atoms with Crippen molar-refractivity contribution in [2.75, 3.05) is 43.3 Å². The van der Waals surface area contributed by atoms with E-state index in [0.717, 1.165) is 16.9 Å². The fourth-order valence-corrected chi connectivity index (χ4v) is 5.24. The largest absolute Gasteiger partial charge is 0.462 e. The Labute approximate surface area is 219 Å². The smallest absolute Gasteiger partial charge is 0.324 e. The van der Waals surface area contributed by atoms with Crippen LogP contribution in [0.5, 0.6) is 0 Å². The van der Waals surface area contributed by atoms with Crippen LogP contribution in [0.25, 0.3) is 0 Å². The van der Waals surface area contributed by atoms with Crippen LogP contribution in [0.2, 0.25) is 0 Å². The average molecular weight is 535 g/mol. The number of sulfonamides is 1. The van der Waals surface area contributed by atoms with Crippen LogP contribution in [-0.2, 0) is 35.6 Å². The maximum Gasteiger partial charge on any atom is 0.324 e. The van der Waals surface area contributed by atoms with Gasteiger partial charge < -0.3 is 24.4 Å². The van der Waals surface area contributed by atoms with E-state index in [1.165, 1.54) is 0 Å². The Bertz CT molecular complexity index is 1110. The van der Waals surface area contributed by atoms with E-state index in [9.17, 15) is 13.2 Å². The number of pyridine rings is 1. The van der Waals surface area contributed by atoms with Crippen molar-refractivity contribution >= 4 is 27.4 Å². The van der Waals surface area contributed by atoms with Gasteiger partial charge in [-0.3, -0.25) is 9.78 Å². The molecule has 0 radical (unpaired) electrons. The Balaban J connectivity index is 1.59. The van der Waals surface area contributed by atoms with Crippen LogP contribution >= 0.6 is 0 Å². The minimum absolute atomic E-state index is 0.0406. The number of anilines is 2. The van der Waals surface area contributed by atoms with Crippen molar-refractivity contribution in [2.45, 2.75) is 57.8 Å². The van der Waals surface area contributed by atoms with E-state index in [-0.39, 0.29) is 30.2 Å². The fourth-order valence-electron chi connectivity index (χ4n) is 4.04. The zero-order valence-electron chi connectivity index (χ0n) is 22.0. The number of aromatic nitrogens is 1. The zero-order valence-corrected chi connectivity index (χ0v) is 22.8. The van der Waals surface area contributed by atoms with Gasteiger partial charge >= 0.3 is 5.97 Å². The molecule has 204 valence electrons. The first-order valence-corrected chi connectivity index (χ1v) is 14.1. The topological polar surface area (TPSA) is 119 Å². The molecule has 2 atom stereocenters. The molecule has 0 fully saturated rings. The lowest BCUT2D eigenvalue weighted by Gasteiger charge is -2.24. The minimum Gasteiger partial charge on any atom is -0.462 e. The van der Waals surface area contributed by atoms with E-state index >= 15 is 0 Å². The fraction of sp³-hybridized carbons (Fsp3) is 0.538. The van der Waals surface area contributed by atoms with Gasteiger partial charge in [-0.2, -0.15) is 4.72 Å². The molecule has 3 rings (SSSR count). The van der Waals surface area contributed by atoms with Gasteiger partial charge in [0.05, 0.1) is 48.5 Å².